The molecule has 1 aromatic heterocycles. The molecule has 1 aromatic rings. The third kappa shape index (κ3) is 3.37. The number of hydrogen-bond donors (Lipinski definition) is 1. The Bertz CT molecular complexity index is 306. The fraction of sp³-hybridized carbons (Fsp3) is 0.727. The molecule has 1 aliphatic heterocycles. The Balaban J connectivity index is 1.94. The van der Waals surface area contributed by atoms with Crippen LogP contribution >= 0.6 is 23.1 Å². The second-order valence-electron chi connectivity index (χ2n) is 3.84. The number of anilines is 1. The molecule has 0 bridgehead atoms. The highest BCUT2D eigenvalue weighted by atomic mass is 32.2. The predicted octanol–water partition coefficient (Wildman–Crippen LogP) is 2.20. The van der Waals surface area contributed by atoms with Crippen LogP contribution < -0.4 is 10.2 Å². The molecule has 0 atom stereocenters. The molecule has 2 heterocycles. The average Bonchev–Trinajstić information content (AvgIpc) is 2.60. The van der Waals surface area contributed by atoms with Crippen molar-refractivity contribution in [1.82, 2.24) is 10.3 Å². The highest BCUT2D eigenvalue weighted by Crippen LogP contribution is 2.24. The van der Waals surface area contributed by atoms with Gasteiger partial charge in [0, 0.05) is 36.5 Å². The Morgan fingerprint density at radius 2 is 2.38 bits per heavy atom. The Kier molecular flexibility index (Phi) is 4.93. The first-order valence-electron chi connectivity index (χ1n) is 5.88. The number of nitrogens with zero attached hydrogens (tertiary/aromatic N) is 2. The van der Waals surface area contributed by atoms with Gasteiger partial charge in [-0.25, -0.2) is 4.98 Å². The SMILES string of the molecule is CCNCc1cnc(N2CCCSCC2)s1. The summed E-state index contributed by atoms with van der Waals surface area (Å²) in [5, 5.41) is 4.55. The highest BCUT2D eigenvalue weighted by Gasteiger charge is 2.13. The monoisotopic (exact) mass is 257 g/mol. The van der Waals surface area contributed by atoms with Crippen molar-refractivity contribution in [2.24, 2.45) is 0 Å². The van der Waals surface area contributed by atoms with Crippen LogP contribution in [0.5, 0.6) is 0 Å². The molecule has 0 aromatic carbocycles. The lowest BCUT2D eigenvalue weighted by atomic mass is 10.4. The van der Waals surface area contributed by atoms with Crippen molar-refractivity contribution in [3.8, 4) is 0 Å². The highest BCUT2D eigenvalue weighted by molar-refractivity contribution is 7.99. The lowest BCUT2D eigenvalue weighted by molar-refractivity contribution is 0.734. The fourth-order valence-corrected chi connectivity index (χ4v) is 3.53. The van der Waals surface area contributed by atoms with Gasteiger partial charge in [0.25, 0.3) is 0 Å². The van der Waals surface area contributed by atoms with Crippen molar-refractivity contribution in [3.05, 3.63) is 11.1 Å². The molecule has 16 heavy (non-hydrogen) atoms. The maximum absolute atomic E-state index is 4.53. The third-order valence-electron chi connectivity index (χ3n) is 2.58. The van der Waals surface area contributed by atoms with Crippen LogP contribution in [-0.2, 0) is 6.54 Å². The van der Waals surface area contributed by atoms with Crippen LogP contribution in [0.25, 0.3) is 0 Å². The summed E-state index contributed by atoms with van der Waals surface area (Å²) in [6, 6.07) is 0. The van der Waals surface area contributed by atoms with Crippen molar-refractivity contribution >= 4 is 28.2 Å². The average molecular weight is 257 g/mol. The maximum atomic E-state index is 4.53. The van der Waals surface area contributed by atoms with E-state index in [4.69, 9.17) is 0 Å². The van der Waals surface area contributed by atoms with Gasteiger partial charge in [-0.2, -0.15) is 11.8 Å². The molecule has 5 heteroatoms. The van der Waals surface area contributed by atoms with Crippen molar-refractivity contribution in [2.75, 3.05) is 36.0 Å². The van der Waals surface area contributed by atoms with E-state index in [0.717, 1.165) is 19.6 Å². The smallest absolute Gasteiger partial charge is 0.185 e. The van der Waals surface area contributed by atoms with Crippen molar-refractivity contribution in [1.29, 1.82) is 0 Å². The van der Waals surface area contributed by atoms with E-state index in [0.29, 0.717) is 0 Å². The van der Waals surface area contributed by atoms with Gasteiger partial charge in [-0.1, -0.05) is 6.92 Å². The van der Waals surface area contributed by atoms with Gasteiger partial charge in [-0.15, -0.1) is 11.3 Å². The Morgan fingerprint density at radius 3 is 3.25 bits per heavy atom. The minimum absolute atomic E-state index is 0.955. The summed E-state index contributed by atoms with van der Waals surface area (Å²) in [7, 11) is 0. The molecule has 1 saturated heterocycles. The topological polar surface area (TPSA) is 28.2 Å². The molecule has 0 saturated carbocycles. The minimum atomic E-state index is 0.955. The van der Waals surface area contributed by atoms with Crippen LogP contribution in [0.4, 0.5) is 5.13 Å². The van der Waals surface area contributed by atoms with E-state index in [1.807, 2.05) is 17.5 Å². The summed E-state index contributed by atoms with van der Waals surface area (Å²) in [6.07, 6.45) is 3.30. The molecule has 90 valence electrons. The second-order valence-corrected chi connectivity index (χ2v) is 6.16. The molecule has 0 amide bonds. The molecule has 1 aliphatic rings. The number of thiazole rings is 1. The number of nitrogens with one attached hydrogen (secondary N) is 1. The summed E-state index contributed by atoms with van der Waals surface area (Å²) in [5.74, 6) is 2.54. The minimum Gasteiger partial charge on any atom is -0.347 e. The molecule has 1 N–H and O–H groups in total. The first kappa shape index (κ1) is 12.2. The first-order valence-corrected chi connectivity index (χ1v) is 7.85. The molecular weight excluding hydrogens is 238 g/mol. The summed E-state index contributed by atoms with van der Waals surface area (Å²) < 4.78 is 0. The second kappa shape index (κ2) is 6.47. The molecule has 3 nitrogen and oxygen atoms in total. The summed E-state index contributed by atoms with van der Waals surface area (Å²) in [4.78, 5) is 8.30. The largest absolute Gasteiger partial charge is 0.347 e. The quantitative estimate of drug-likeness (QED) is 0.895. The zero-order valence-electron chi connectivity index (χ0n) is 9.74. The number of rotatable bonds is 4. The Labute approximate surface area is 106 Å². The van der Waals surface area contributed by atoms with Gasteiger partial charge in [-0.05, 0) is 18.7 Å². The van der Waals surface area contributed by atoms with E-state index < -0.39 is 0 Å². The van der Waals surface area contributed by atoms with Gasteiger partial charge in [0.2, 0.25) is 0 Å². The van der Waals surface area contributed by atoms with Crippen LogP contribution in [0.2, 0.25) is 0 Å². The molecule has 0 aliphatic carbocycles. The Hall–Kier alpha value is -0.260. The van der Waals surface area contributed by atoms with E-state index >= 15 is 0 Å². The number of aromatic nitrogens is 1. The fourth-order valence-electron chi connectivity index (χ4n) is 1.71. The molecule has 0 unspecified atom stereocenters. The molecular formula is C11H19N3S2. The molecule has 2 rings (SSSR count). The van der Waals surface area contributed by atoms with Crippen LogP contribution in [0.1, 0.15) is 18.2 Å². The number of thioether (sulfide) groups is 1. The molecule has 1 fully saturated rings. The van der Waals surface area contributed by atoms with E-state index in [-0.39, 0.29) is 0 Å². The van der Waals surface area contributed by atoms with Gasteiger partial charge >= 0.3 is 0 Å². The van der Waals surface area contributed by atoms with E-state index in [1.54, 1.807) is 0 Å². The standard InChI is InChI=1S/C11H19N3S2/c1-2-12-8-10-9-13-11(16-10)14-4-3-6-15-7-5-14/h9,12H,2-8H2,1H3. The van der Waals surface area contributed by atoms with Gasteiger partial charge in [0.05, 0.1) is 0 Å². The third-order valence-corrected chi connectivity index (χ3v) is 4.69. The van der Waals surface area contributed by atoms with E-state index in [9.17, 15) is 0 Å². The number of hydrogen-bond acceptors (Lipinski definition) is 5. The zero-order valence-corrected chi connectivity index (χ0v) is 11.4. The first-order chi connectivity index (χ1) is 7.90. The summed E-state index contributed by atoms with van der Waals surface area (Å²) >= 11 is 3.89. The van der Waals surface area contributed by atoms with Crippen molar-refractivity contribution in [2.45, 2.75) is 19.9 Å². The summed E-state index contributed by atoms with van der Waals surface area (Å²) in [5.41, 5.74) is 0. The van der Waals surface area contributed by atoms with Gasteiger partial charge < -0.3 is 10.2 Å². The van der Waals surface area contributed by atoms with Crippen molar-refractivity contribution < 1.29 is 0 Å². The van der Waals surface area contributed by atoms with Crippen LogP contribution in [-0.4, -0.2) is 36.1 Å². The van der Waals surface area contributed by atoms with Gasteiger partial charge in [0.15, 0.2) is 5.13 Å². The predicted molar refractivity (Wildman–Crippen MR) is 73.6 cm³/mol. The molecule has 0 radical (unpaired) electrons. The normalized spacial score (nSPS) is 17.4. The summed E-state index contributed by atoms with van der Waals surface area (Å²) in [6.45, 7) is 6.43. The lowest BCUT2D eigenvalue weighted by Crippen LogP contribution is -2.25. The van der Waals surface area contributed by atoms with Crippen LogP contribution in [0, 0.1) is 0 Å². The van der Waals surface area contributed by atoms with Crippen LogP contribution in [0.15, 0.2) is 6.20 Å². The molecule has 0 spiro atoms. The lowest BCUT2D eigenvalue weighted by Gasteiger charge is -2.18. The van der Waals surface area contributed by atoms with E-state index in [2.05, 4.69) is 33.9 Å². The van der Waals surface area contributed by atoms with E-state index in [1.165, 1.54) is 34.5 Å². The van der Waals surface area contributed by atoms with Gasteiger partial charge in [0.1, 0.15) is 0 Å². The van der Waals surface area contributed by atoms with Crippen molar-refractivity contribution in [3.63, 3.8) is 0 Å². The zero-order chi connectivity index (χ0) is 11.2. The maximum Gasteiger partial charge on any atom is 0.185 e. The van der Waals surface area contributed by atoms with Gasteiger partial charge in [-0.3, -0.25) is 0 Å². The van der Waals surface area contributed by atoms with Crippen LogP contribution in [0.3, 0.4) is 0 Å². The Morgan fingerprint density at radius 1 is 1.44 bits per heavy atom.